The zero-order valence-corrected chi connectivity index (χ0v) is 12.6. The molecule has 0 unspecified atom stereocenters. The van der Waals surface area contributed by atoms with E-state index < -0.39 is 11.6 Å². The minimum absolute atomic E-state index is 0.447. The van der Waals surface area contributed by atoms with Crippen LogP contribution in [0.25, 0.3) is 0 Å². The van der Waals surface area contributed by atoms with Crippen molar-refractivity contribution >= 4 is 0 Å². The summed E-state index contributed by atoms with van der Waals surface area (Å²) in [4.78, 5) is 0. The lowest BCUT2D eigenvalue weighted by Crippen LogP contribution is -1.99. The smallest absolute Gasteiger partial charge is 0.129 e. The van der Waals surface area contributed by atoms with Crippen molar-refractivity contribution in [2.75, 3.05) is 0 Å². The summed E-state index contributed by atoms with van der Waals surface area (Å²) >= 11 is 0. The highest BCUT2D eigenvalue weighted by Gasteiger charge is 2.06. The van der Waals surface area contributed by atoms with Crippen molar-refractivity contribution in [3.05, 3.63) is 71.1 Å². The van der Waals surface area contributed by atoms with Crippen LogP contribution in [-0.4, -0.2) is 4.57 Å². The molecule has 0 fully saturated rings. The SMILES string of the molecule is C/C=C/Cn1ccc(CCCc2ccc(F)cc2F)c1C. The standard InChI is InChI=1S/C18H21F2N/c1-3-4-11-21-12-10-15(14(21)2)6-5-7-16-8-9-17(19)13-18(16)20/h3-4,8-10,12-13H,5-7,11H2,1-2H3/b4-3+. The summed E-state index contributed by atoms with van der Waals surface area (Å²) < 4.78 is 28.6. The Morgan fingerprint density at radius 3 is 2.57 bits per heavy atom. The summed E-state index contributed by atoms with van der Waals surface area (Å²) in [7, 11) is 0. The lowest BCUT2D eigenvalue weighted by molar-refractivity contribution is 0.569. The van der Waals surface area contributed by atoms with Crippen LogP contribution in [0.15, 0.2) is 42.6 Å². The number of hydrogen-bond donors (Lipinski definition) is 0. The molecule has 1 heterocycles. The van der Waals surface area contributed by atoms with Crippen LogP contribution in [0, 0.1) is 18.6 Å². The molecule has 0 amide bonds. The monoisotopic (exact) mass is 289 g/mol. The van der Waals surface area contributed by atoms with Crippen LogP contribution in [0.1, 0.15) is 30.2 Å². The third kappa shape index (κ3) is 4.03. The van der Waals surface area contributed by atoms with Crippen LogP contribution >= 0.6 is 0 Å². The zero-order valence-electron chi connectivity index (χ0n) is 12.6. The first-order valence-electron chi connectivity index (χ1n) is 7.31. The number of hydrogen-bond acceptors (Lipinski definition) is 0. The molecular formula is C18H21F2N. The Morgan fingerprint density at radius 1 is 1.10 bits per heavy atom. The highest BCUT2D eigenvalue weighted by atomic mass is 19.1. The van der Waals surface area contributed by atoms with E-state index in [1.807, 2.05) is 13.0 Å². The van der Waals surface area contributed by atoms with Crippen LogP contribution in [0.3, 0.4) is 0 Å². The van der Waals surface area contributed by atoms with E-state index in [4.69, 9.17) is 0 Å². The van der Waals surface area contributed by atoms with Gasteiger partial charge in [0.1, 0.15) is 11.6 Å². The summed E-state index contributed by atoms with van der Waals surface area (Å²) in [5, 5.41) is 0. The largest absolute Gasteiger partial charge is 0.348 e. The minimum Gasteiger partial charge on any atom is -0.348 e. The first-order chi connectivity index (χ1) is 10.1. The van der Waals surface area contributed by atoms with Gasteiger partial charge in [0, 0.05) is 24.5 Å². The van der Waals surface area contributed by atoms with E-state index in [0.29, 0.717) is 12.0 Å². The van der Waals surface area contributed by atoms with Crippen LogP contribution in [0.5, 0.6) is 0 Å². The molecule has 0 bridgehead atoms. The van der Waals surface area contributed by atoms with Gasteiger partial charge in [0.15, 0.2) is 0 Å². The summed E-state index contributed by atoms with van der Waals surface area (Å²) in [6.45, 7) is 5.00. The minimum atomic E-state index is -0.520. The highest BCUT2D eigenvalue weighted by molar-refractivity contribution is 5.23. The van der Waals surface area contributed by atoms with Gasteiger partial charge >= 0.3 is 0 Å². The van der Waals surface area contributed by atoms with Crippen molar-refractivity contribution in [2.45, 2.75) is 39.7 Å². The summed E-state index contributed by atoms with van der Waals surface area (Å²) in [6.07, 6.45) is 8.64. The summed E-state index contributed by atoms with van der Waals surface area (Å²) in [6, 6.07) is 5.93. The molecule has 0 aliphatic carbocycles. The van der Waals surface area contributed by atoms with Gasteiger partial charge in [-0.25, -0.2) is 8.78 Å². The van der Waals surface area contributed by atoms with E-state index in [-0.39, 0.29) is 0 Å². The van der Waals surface area contributed by atoms with E-state index in [1.165, 1.54) is 23.4 Å². The van der Waals surface area contributed by atoms with Gasteiger partial charge in [-0.15, -0.1) is 0 Å². The van der Waals surface area contributed by atoms with Crippen molar-refractivity contribution in [1.82, 2.24) is 4.57 Å². The lowest BCUT2D eigenvalue weighted by Gasteiger charge is -2.06. The van der Waals surface area contributed by atoms with Gasteiger partial charge in [0.05, 0.1) is 0 Å². The van der Waals surface area contributed by atoms with Gasteiger partial charge in [0.2, 0.25) is 0 Å². The van der Waals surface area contributed by atoms with Crippen LogP contribution in [0.2, 0.25) is 0 Å². The van der Waals surface area contributed by atoms with Gasteiger partial charge in [-0.1, -0.05) is 18.2 Å². The van der Waals surface area contributed by atoms with Gasteiger partial charge in [-0.3, -0.25) is 0 Å². The number of allylic oxidation sites excluding steroid dienone is 2. The molecule has 0 aliphatic heterocycles. The molecule has 1 aromatic heterocycles. The molecule has 0 saturated heterocycles. The molecule has 0 radical (unpaired) electrons. The maximum absolute atomic E-state index is 13.5. The van der Waals surface area contributed by atoms with Crippen molar-refractivity contribution in [1.29, 1.82) is 0 Å². The van der Waals surface area contributed by atoms with Gasteiger partial charge < -0.3 is 4.57 Å². The average Bonchev–Trinajstić information content (AvgIpc) is 2.80. The number of aromatic nitrogens is 1. The molecule has 3 heteroatoms. The molecule has 2 rings (SSSR count). The molecule has 112 valence electrons. The third-order valence-electron chi connectivity index (χ3n) is 3.80. The fourth-order valence-corrected chi connectivity index (χ4v) is 2.47. The number of rotatable bonds is 6. The average molecular weight is 289 g/mol. The van der Waals surface area contributed by atoms with E-state index in [9.17, 15) is 8.78 Å². The van der Waals surface area contributed by atoms with Crippen LogP contribution in [-0.2, 0) is 19.4 Å². The lowest BCUT2D eigenvalue weighted by atomic mass is 10.0. The molecule has 2 aromatic rings. The van der Waals surface area contributed by atoms with E-state index in [1.54, 1.807) is 0 Å². The van der Waals surface area contributed by atoms with Crippen LogP contribution < -0.4 is 0 Å². The van der Waals surface area contributed by atoms with Crippen molar-refractivity contribution in [2.24, 2.45) is 0 Å². The number of aryl methyl sites for hydroxylation is 2. The Labute approximate surface area is 124 Å². The Hall–Kier alpha value is -1.90. The third-order valence-corrected chi connectivity index (χ3v) is 3.80. The fourth-order valence-electron chi connectivity index (χ4n) is 2.47. The maximum Gasteiger partial charge on any atom is 0.129 e. The number of benzene rings is 1. The van der Waals surface area contributed by atoms with Crippen molar-refractivity contribution in [3.8, 4) is 0 Å². The molecule has 0 atom stereocenters. The fraction of sp³-hybridized carbons (Fsp3) is 0.333. The van der Waals surface area contributed by atoms with Gasteiger partial charge in [-0.05, 0) is 56.4 Å². The van der Waals surface area contributed by atoms with Crippen molar-refractivity contribution in [3.63, 3.8) is 0 Å². The quantitative estimate of drug-likeness (QED) is 0.671. The second kappa shape index (κ2) is 7.21. The molecule has 0 spiro atoms. The van der Waals surface area contributed by atoms with E-state index in [0.717, 1.165) is 25.5 Å². The Bertz CT molecular complexity index is 626. The topological polar surface area (TPSA) is 4.93 Å². The number of halogens is 2. The van der Waals surface area contributed by atoms with Gasteiger partial charge in [0.25, 0.3) is 0 Å². The molecular weight excluding hydrogens is 268 g/mol. The Morgan fingerprint density at radius 2 is 1.86 bits per heavy atom. The molecule has 1 aromatic carbocycles. The first-order valence-corrected chi connectivity index (χ1v) is 7.31. The predicted molar refractivity (Wildman–Crippen MR) is 82.4 cm³/mol. The summed E-state index contributed by atoms with van der Waals surface area (Å²) in [5.74, 6) is -0.967. The maximum atomic E-state index is 13.5. The second-order valence-corrected chi connectivity index (χ2v) is 5.24. The second-order valence-electron chi connectivity index (χ2n) is 5.24. The highest BCUT2D eigenvalue weighted by Crippen LogP contribution is 2.16. The molecule has 21 heavy (non-hydrogen) atoms. The number of nitrogens with zero attached hydrogens (tertiary/aromatic N) is 1. The first kappa shape index (κ1) is 15.5. The van der Waals surface area contributed by atoms with E-state index in [2.05, 4.69) is 29.8 Å². The summed E-state index contributed by atoms with van der Waals surface area (Å²) in [5.41, 5.74) is 3.14. The molecule has 0 N–H and O–H groups in total. The molecule has 0 saturated carbocycles. The zero-order chi connectivity index (χ0) is 15.2. The molecule has 1 nitrogen and oxygen atoms in total. The van der Waals surface area contributed by atoms with E-state index >= 15 is 0 Å². The molecule has 0 aliphatic rings. The Kier molecular flexibility index (Phi) is 5.32. The van der Waals surface area contributed by atoms with Gasteiger partial charge in [-0.2, -0.15) is 0 Å². The van der Waals surface area contributed by atoms with Crippen LogP contribution in [0.4, 0.5) is 8.78 Å². The predicted octanol–water partition coefficient (Wildman–Crippen LogP) is 4.83. The Balaban J connectivity index is 1.93. The normalized spacial score (nSPS) is 11.4. The van der Waals surface area contributed by atoms with Crippen molar-refractivity contribution < 1.29 is 8.78 Å².